The van der Waals surface area contributed by atoms with Crippen LogP contribution in [0.2, 0.25) is 15.1 Å². The number of anilines is 1. The third-order valence-corrected chi connectivity index (χ3v) is 4.99. The maximum atomic E-state index is 12.6. The zero-order chi connectivity index (χ0) is 20.1. The predicted molar refractivity (Wildman–Crippen MR) is 113 cm³/mol. The van der Waals surface area contributed by atoms with Crippen molar-refractivity contribution in [1.29, 1.82) is 0 Å². The zero-order valence-electron chi connectivity index (χ0n) is 14.8. The first-order valence-corrected chi connectivity index (χ1v) is 9.42. The van der Waals surface area contributed by atoms with Gasteiger partial charge in [0.1, 0.15) is 18.1 Å². The molecule has 0 aromatic heterocycles. The molecule has 0 aliphatic rings. The number of hydrogen-bond acceptors (Lipinski definition) is 3. The first-order chi connectivity index (χ1) is 13.5. The summed E-state index contributed by atoms with van der Waals surface area (Å²) >= 11 is 18.1. The Morgan fingerprint density at radius 1 is 1.00 bits per heavy atom. The van der Waals surface area contributed by atoms with E-state index in [1.807, 2.05) is 0 Å². The van der Waals surface area contributed by atoms with Gasteiger partial charge in [-0.3, -0.25) is 4.79 Å². The highest BCUT2D eigenvalue weighted by atomic mass is 35.5. The quantitative estimate of drug-likeness (QED) is 0.480. The first-order valence-electron chi connectivity index (χ1n) is 8.28. The van der Waals surface area contributed by atoms with E-state index in [9.17, 15) is 4.79 Å². The number of amides is 1. The number of halogens is 3. The summed E-state index contributed by atoms with van der Waals surface area (Å²) in [7, 11) is 1.56. The summed E-state index contributed by atoms with van der Waals surface area (Å²) in [6.07, 6.45) is 0. The van der Waals surface area contributed by atoms with Crippen molar-refractivity contribution in [3.05, 3.63) is 86.9 Å². The molecule has 4 nitrogen and oxygen atoms in total. The highest BCUT2D eigenvalue weighted by molar-refractivity contribution is 6.44. The Labute approximate surface area is 177 Å². The van der Waals surface area contributed by atoms with Crippen LogP contribution in [0.5, 0.6) is 11.5 Å². The van der Waals surface area contributed by atoms with Gasteiger partial charge in [-0.1, -0.05) is 46.9 Å². The number of ether oxygens (including phenoxy) is 2. The molecule has 0 bridgehead atoms. The Bertz CT molecular complexity index is 1010. The van der Waals surface area contributed by atoms with Crippen molar-refractivity contribution in [3.8, 4) is 11.5 Å². The van der Waals surface area contributed by atoms with E-state index in [4.69, 9.17) is 44.3 Å². The third kappa shape index (κ3) is 4.90. The minimum Gasteiger partial charge on any atom is -0.496 e. The van der Waals surface area contributed by atoms with Crippen molar-refractivity contribution >= 4 is 46.4 Å². The highest BCUT2D eigenvalue weighted by Gasteiger charge is 2.13. The van der Waals surface area contributed by atoms with Crippen molar-refractivity contribution in [2.45, 2.75) is 6.61 Å². The van der Waals surface area contributed by atoms with Gasteiger partial charge in [0, 0.05) is 16.1 Å². The minimum absolute atomic E-state index is 0.211. The van der Waals surface area contributed by atoms with Crippen LogP contribution in [0.25, 0.3) is 0 Å². The third-order valence-electron chi connectivity index (χ3n) is 3.93. The summed E-state index contributed by atoms with van der Waals surface area (Å²) in [5, 5.41) is 3.99. The molecule has 0 aliphatic heterocycles. The molecule has 0 heterocycles. The van der Waals surface area contributed by atoms with Crippen LogP contribution in [0, 0.1) is 0 Å². The molecule has 0 spiro atoms. The van der Waals surface area contributed by atoms with Gasteiger partial charge in [-0.2, -0.15) is 0 Å². The smallest absolute Gasteiger partial charge is 0.255 e. The lowest BCUT2D eigenvalue weighted by atomic mass is 10.1. The van der Waals surface area contributed by atoms with Crippen molar-refractivity contribution in [2.24, 2.45) is 0 Å². The average Bonchev–Trinajstić information content (AvgIpc) is 2.69. The molecule has 3 rings (SSSR count). The lowest BCUT2D eigenvalue weighted by Gasteiger charge is -2.13. The number of rotatable bonds is 6. The number of nitrogens with one attached hydrogen (secondary N) is 1. The summed E-state index contributed by atoms with van der Waals surface area (Å²) < 4.78 is 11.1. The summed E-state index contributed by atoms with van der Waals surface area (Å²) in [4.78, 5) is 12.6. The maximum Gasteiger partial charge on any atom is 0.255 e. The molecule has 3 aromatic carbocycles. The lowest BCUT2D eigenvalue weighted by molar-refractivity contribution is 0.102. The topological polar surface area (TPSA) is 47.6 Å². The van der Waals surface area contributed by atoms with Gasteiger partial charge in [0.05, 0.1) is 22.8 Å². The zero-order valence-corrected chi connectivity index (χ0v) is 17.1. The van der Waals surface area contributed by atoms with Gasteiger partial charge >= 0.3 is 0 Å². The Kier molecular flexibility index (Phi) is 6.68. The van der Waals surface area contributed by atoms with E-state index in [2.05, 4.69) is 5.32 Å². The molecule has 7 heteroatoms. The Morgan fingerprint density at radius 3 is 2.54 bits per heavy atom. The molecule has 144 valence electrons. The molecule has 0 unspecified atom stereocenters. The summed E-state index contributed by atoms with van der Waals surface area (Å²) in [5.74, 6) is 0.908. The number of benzene rings is 3. The number of methoxy groups -OCH3 is 1. The van der Waals surface area contributed by atoms with E-state index >= 15 is 0 Å². The molecule has 0 fully saturated rings. The summed E-state index contributed by atoms with van der Waals surface area (Å²) in [5.41, 5.74) is 1.58. The van der Waals surface area contributed by atoms with E-state index in [0.717, 1.165) is 0 Å². The van der Waals surface area contributed by atoms with Gasteiger partial charge in [-0.25, -0.2) is 0 Å². The molecule has 1 amide bonds. The van der Waals surface area contributed by atoms with Crippen molar-refractivity contribution in [1.82, 2.24) is 0 Å². The Morgan fingerprint density at radius 2 is 1.79 bits per heavy atom. The fraction of sp³-hybridized carbons (Fsp3) is 0.0952. The molecule has 0 saturated heterocycles. The molecule has 3 aromatic rings. The van der Waals surface area contributed by atoms with Crippen molar-refractivity contribution in [3.63, 3.8) is 0 Å². The van der Waals surface area contributed by atoms with Crippen molar-refractivity contribution < 1.29 is 14.3 Å². The Balaban J connectivity index is 1.79. The van der Waals surface area contributed by atoms with Gasteiger partial charge in [0.2, 0.25) is 0 Å². The van der Waals surface area contributed by atoms with Crippen molar-refractivity contribution in [2.75, 3.05) is 12.4 Å². The van der Waals surface area contributed by atoms with Crippen LogP contribution in [-0.2, 0) is 6.61 Å². The molecule has 0 radical (unpaired) electrons. The van der Waals surface area contributed by atoms with Gasteiger partial charge < -0.3 is 14.8 Å². The second kappa shape index (κ2) is 9.20. The van der Waals surface area contributed by atoms with Crippen LogP contribution in [0.1, 0.15) is 15.9 Å². The summed E-state index contributed by atoms with van der Waals surface area (Å²) in [6.45, 7) is 0.211. The number of carbonyl (C=O) groups excluding carboxylic acids is 1. The van der Waals surface area contributed by atoms with Crippen LogP contribution in [0.3, 0.4) is 0 Å². The van der Waals surface area contributed by atoms with E-state index in [-0.39, 0.29) is 17.5 Å². The fourth-order valence-electron chi connectivity index (χ4n) is 2.55. The van der Waals surface area contributed by atoms with Crippen LogP contribution in [0.15, 0.2) is 60.7 Å². The molecule has 0 saturated carbocycles. The largest absolute Gasteiger partial charge is 0.496 e. The average molecular weight is 437 g/mol. The predicted octanol–water partition coefficient (Wildman–Crippen LogP) is 6.49. The minimum atomic E-state index is -0.323. The second-order valence-electron chi connectivity index (χ2n) is 5.83. The van der Waals surface area contributed by atoms with Crippen LogP contribution >= 0.6 is 34.8 Å². The van der Waals surface area contributed by atoms with E-state index in [1.165, 1.54) is 0 Å². The Hall–Kier alpha value is -2.40. The van der Waals surface area contributed by atoms with Crippen LogP contribution in [-0.4, -0.2) is 13.0 Å². The second-order valence-corrected chi connectivity index (χ2v) is 7.05. The first kappa shape index (κ1) is 20.3. The number of hydrogen-bond donors (Lipinski definition) is 1. The standard InChI is InChI=1S/C21H16Cl3NO3/c1-27-19-9-8-13(21(26)25-18-7-3-6-17(23)20(18)24)10-14(19)12-28-16-5-2-4-15(22)11-16/h2-11H,12H2,1H3,(H,25,26). The fourth-order valence-corrected chi connectivity index (χ4v) is 3.07. The molecule has 0 aliphatic carbocycles. The lowest BCUT2D eigenvalue weighted by Crippen LogP contribution is -2.13. The van der Waals surface area contributed by atoms with E-state index in [1.54, 1.807) is 67.8 Å². The maximum absolute atomic E-state index is 12.6. The van der Waals surface area contributed by atoms with Gasteiger partial charge in [0.25, 0.3) is 5.91 Å². The molecule has 1 N–H and O–H groups in total. The van der Waals surface area contributed by atoms with E-state index < -0.39 is 0 Å². The molecular formula is C21H16Cl3NO3. The SMILES string of the molecule is COc1ccc(C(=O)Nc2cccc(Cl)c2Cl)cc1COc1cccc(Cl)c1. The molecular weight excluding hydrogens is 421 g/mol. The molecule has 0 atom stereocenters. The normalized spacial score (nSPS) is 10.4. The summed E-state index contributed by atoms with van der Waals surface area (Å²) in [6, 6.07) is 17.2. The monoisotopic (exact) mass is 435 g/mol. The van der Waals surface area contributed by atoms with Crippen LogP contribution < -0.4 is 14.8 Å². The van der Waals surface area contributed by atoms with Gasteiger partial charge in [-0.15, -0.1) is 0 Å². The van der Waals surface area contributed by atoms with Crippen LogP contribution in [0.4, 0.5) is 5.69 Å². The number of carbonyl (C=O) groups is 1. The van der Waals surface area contributed by atoms with E-state index in [0.29, 0.717) is 38.4 Å². The van der Waals surface area contributed by atoms with Gasteiger partial charge in [0.15, 0.2) is 0 Å². The molecule has 28 heavy (non-hydrogen) atoms. The van der Waals surface area contributed by atoms with Gasteiger partial charge in [-0.05, 0) is 48.5 Å². The highest BCUT2D eigenvalue weighted by Crippen LogP contribution is 2.30.